The van der Waals surface area contributed by atoms with Gasteiger partial charge in [-0.15, -0.1) is 0 Å². The number of ether oxygens (including phenoxy) is 2. The van der Waals surface area contributed by atoms with Gasteiger partial charge < -0.3 is 24.3 Å². The van der Waals surface area contributed by atoms with Gasteiger partial charge >= 0.3 is 7.12 Å². The highest BCUT2D eigenvalue weighted by atomic mass is 16.7. The van der Waals surface area contributed by atoms with E-state index in [1.54, 1.807) is 13.8 Å². The van der Waals surface area contributed by atoms with E-state index in [0.29, 0.717) is 0 Å². The first-order chi connectivity index (χ1) is 6.51. The van der Waals surface area contributed by atoms with Crippen LogP contribution in [0.15, 0.2) is 0 Å². The molecule has 0 aliphatic carbocycles. The number of hydrogen-bond donors (Lipinski definition) is 2. The molecule has 0 aromatic heterocycles. The summed E-state index contributed by atoms with van der Waals surface area (Å²) in [7, 11) is 0.633. The van der Waals surface area contributed by atoms with Crippen LogP contribution in [0, 0.1) is 0 Å². The predicted octanol–water partition coefficient (Wildman–Crippen LogP) is -0.128. The van der Waals surface area contributed by atoms with Gasteiger partial charge in [0.1, 0.15) is 12.4 Å². The standard InChI is InChI=1S/C8H19BO5/c1-6(8(5-10)12-4)13-7(2)14-9(3)11/h6-8,10-11H,5H2,1-4H3. The lowest BCUT2D eigenvalue weighted by molar-refractivity contribution is -0.154. The topological polar surface area (TPSA) is 68.2 Å². The Kier molecular flexibility index (Phi) is 7.13. The fourth-order valence-corrected chi connectivity index (χ4v) is 1.11. The van der Waals surface area contributed by atoms with Gasteiger partial charge in [-0.3, -0.25) is 0 Å². The number of rotatable bonds is 7. The summed E-state index contributed by atoms with van der Waals surface area (Å²) in [5.74, 6) is 0. The van der Waals surface area contributed by atoms with E-state index in [1.165, 1.54) is 13.9 Å². The van der Waals surface area contributed by atoms with E-state index in [4.69, 9.17) is 24.3 Å². The van der Waals surface area contributed by atoms with Gasteiger partial charge in [0.15, 0.2) is 0 Å². The van der Waals surface area contributed by atoms with E-state index in [2.05, 4.69) is 0 Å². The maximum absolute atomic E-state index is 8.91. The van der Waals surface area contributed by atoms with Crippen LogP contribution in [0.1, 0.15) is 13.8 Å². The molecule has 3 atom stereocenters. The molecule has 0 saturated heterocycles. The molecule has 0 fully saturated rings. The summed E-state index contributed by atoms with van der Waals surface area (Å²) in [6.45, 7) is 4.84. The molecule has 14 heavy (non-hydrogen) atoms. The van der Waals surface area contributed by atoms with Crippen LogP contribution < -0.4 is 0 Å². The number of aliphatic hydroxyl groups is 1. The van der Waals surface area contributed by atoms with Crippen molar-refractivity contribution in [3.05, 3.63) is 0 Å². The van der Waals surface area contributed by atoms with E-state index in [-0.39, 0.29) is 18.8 Å². The molecule has 3 unspecified atom stereocenters. The minimum atomic E-state index is -0.868. The third-order valence-corrected chi connectivity index (χ3v) is 1.80. The highest BCUT2D eigenvalue weighted by molar-refractivity contribution is 6.40. The molecule has 0 radical (unpaired) electrons. The highest BCUT2D eigenvalue weighted by Crippen LogP contribution is 2.07. The van der Waals surface area contributed by atoms with Gasteiger partial charge in [-0.2, -0.15) is 0 Å². The average Bonchev–Trinajstić information content (AvgIpc) is 2.04. The molecule has 5 nitrogen and oxygen atoms in total. The molecule has 0 aromatic carbocycles. The second-order valence-electron chi connectivity index (χ2n) is 3.10. The van der Waals surface area contributed by atoms with Crippen LogP contribution in [0.3, 0.4) is 0 Å². The lowest BCUT2D eigenvalue weighted by Crippen LogP contribution is -2.36. The Bertz CT molecular complexity index is 140. The molecule has 0 rings (SSSR count). The molecule has 0 aliphatic heterocycles. The third kappa shape index (κ3) is 5.56. The molecule has 84 valence electrons. The van der Waals surface area contributed by atoms with E-state index < -0.39 is 13.4 Å². The maximum Gasteiger partial charge on any atom is 0.452 e. The quantitative estimate of drug-likeness (QED) is 0.448. The Labute approximate surface area is 85.1 Å². The van der Waals surface area contributed by atoms with Crippen LogP contribution in [-0.4, -0.2) is 49.5 Å². The molecular formula is C8H19BO5. The SMILES string of the molecule is COC(CO)C(C)OC(C)OB(C)O. The summed E-state index contributed by atoms with van der Waals surface area (Å²) in [6.07, 6.45) is -1.21. The van der Waals surface area contributed by atoms with Crippen molar-refractivity contribution in [2.75, 3.05) is 13.7 Å². The summed E-state index contributed by atoms with van der Waals surface area (Å²) in [5, 5.41) is 17.8. The molecule has 0 amide bonds. The van der Waals surface area contributed by atoms with Crippen LogP contribution in [-0.2, 0) is 14.1 Å². The predicted molar refractivity (Wildman–Crippen MR) is 52.8 cm³/mol. The van der Waals surface area contributed by atoms with Crippen LogP contribution >= 0.6 is 0 Å². The minimum absolute atomic E-state index is 0.112. The van der Waals surface area contributed by atoms with Crippen molar-refractivity contribution in [1.29, 1.82) is 0 Å². The Balaban J connectivity index is 3.84. The van der Waals surface area contributed by atoms with Crippen molar-refractivity contribution in [3.8, 4) is 0 Å². The van der Waals surface area contributed by atoms with Gasteiger partial charge in [0.25, 0.3) is 0 Å². The van der Waals surface area contributed by atoms with Gasteiger partial charge in [-0.25, -0.2) is 0 Å². The Morgan fingerprint density at radius 3 is 2.29 bits per heavy atom. The van der Waals surface area contributed by atoms with Gasteiger partial charge in [-0.1, -0.05) is 0 Å². The van der Waals surface area contributed by atoms with Crippen LogP contribution in [0.5, 0.6) is 0 Å². The van der Waals surface area contributed by atoms with Crippen LogP contribution in [0.25, 0.3) is 0 Å². The van der Waals surface area contributed by atoms with E-state index in [0.717, 1.165) is 0 Å². The smallest absolute Gasteiger partial charge is 0.427 e. The van der Waals surface area contributed by atoms with Crippen molar-refractivity contribution in [1.82, 2.24) is 0 Å². The Hall–Kier alpha value is -0.135. The Morgan fingerprint density at radius 1 is 1.36 bits per heavy atom. The third-order valence-electron chi connectivity index (χ3n) is 1.80. The molecule has 0 aromatic rings. The van der Waals surface area contributed by atoms with Crippen LogP contribution in [0.2, 0.25) is 6.82 Å². The van der Waals surface area contributed by atoms with Gasteiger partial charge in [0.2, 0.25) is 0 Å². The molecule has 0 spiro atoms. The van der Waals surface area contributed by atoms with Crippen LogP contribution in [0.4, 0.5) is 0 Å². The zero-order valence-corrected chi connectivity index (χ0v) is 9.14. The summed E-state index contributed by atoms with van der Waals surface area (Å²) in [5.41, 5.74) is 0. The first-order valence-electron chi connectivity index (χ1n) is 4.63. The van der Waals surface area contributed by atoms with Gasteiger partial charge in [0.05, 0.1) is 12.7 Å². The lowest BCUT2D eigenvalue weighted by Gasteiger charge is -2.25. The van der Waals surface area contributed by atoms with Gasteiger partial charge in [0, 0.05) is 7.11 Å². The Morgan fingerprint density at radius 2 is 1.93 bits per heavy atom. The molecular weight excluding hydrogens is 187 g/mol. The lowest BCUT2D eigenvalue weighted by atomic mass is 9.97. The van der Waals surface area contributed by atoms with E-state index in [9.17, 15) is 0 Å². The van der Waals surface area contributed by atoms with Crippen molar-refractivity contribution in [2.24, 2.45) is 0 Å². The van der Waals surface area contributed by atoms with E-state index >= 15 is 0 Å². The highest BCUT2D eigenvalue weighted by Gasteiger charge is 2.20. The van der Waals surface area contributed by atoms with E-state index in [1.807, 2.05) is 0 Å². The zero-order valence-electron chi connectivity index (χ0n) is 9.14. The van der Waals surface area contributed by atoms with Crippen molar-refractivity contribution in [2.45, 2.75) is 39.2 Å². The molecule has 0 bridgehead atoms. The summed E-state index contributed by atoms with van der Waals surface area (Å²) >= 11 is 0. The fourth-order valence-electron chi connectivity index (χ4n) is 1.11. The number of aliphatic hydroxyl groups excluding tert-OH is 1. The average molecular weight is 206 g/mol. The second-order valence-corrected chi connectivity index (χ2v) is 3.10. The first kappa shape index (κ1) is 13.9. The van der Waals surface area contributed by atoms with Crippen molar-refractivity contribution in [3.63, 3.8) is 0 Å². The summed E-state index contributed by atoms with van der Waals surface area (Å²) in [6, 6.07) is 0. The molecule has 0 saturated carbocycles. The summed E-state index contributed by atoms with van der Waals surface area (Å²) in [4.78, 5) is 0. The first-order valence-corrected chi connectivity index (χ1v) is 4.63. The fraction of sp³-hybridized carbons (Fsp3) is 1.00. The minimum Gasteiger partial charge on any atom is -0.427 e. The normalized spacial score (nSPS) is 17.6. The zero-order chi connectivity index (χ0) is 11.1. The van der Waals surface area contributed by atoms with Crippen molar-refractivity contribution < 1.29 is 24.3 Å². The molecule has 2 N–H and O–H groups in total. The number of hydrogen-bond acceptors (Lipinski definition) is 5. The van der Waals surface area contributed by atoms with Crippen molar-refractivity contribution >= 4 is 7.12 Å². The molecule has 0 aliphatic rings. The maximum atomic E-state index is 8.91. The molecule has 6 heteroatoms. The van der Waals surface area contributed by atoms with Gasteiger partial charge in [-0.05, 0) is 20.7 Å². The number of methoxy groups -OCH3 is 1. The largest absolute Gasteiger partial charge is 0.452 e. The summed E-state index contributed by atoms with van der Waals surface area (Å²) < 4.78 is 15.3. The second kappa shape index (κ2) is 7.20. The molecule has 0 heterocycles. The monoisotopic (exact) mass is 206 g/mol.